The van der Waals surface area contributed by atoms with Crippen LogP contribution in [0.15, 0.2) is 43.2 Å². The molecule has 0 aromatic heterocycles. The van der Waals surface area contributed by atoms with Crippen molar-refractivity contribution in [1.29, 1.82) is 0 Å². The van der Waals surface area contributed by atoms with E-state index in [1.54, 1.807) is 30.3 Å². The molecule has 0 radical (unpaired) electrons. The number of ketones is 1. The van der Waals surface area contributed by atoms with Gasteiger partial charge in [-0.3, -0.25) is 4.79 Å². The average molecular weight is 485 g/mol. The molecule has 0 bridgehead atoms. The van der Waals surface area contributed by atoms with E-state index in [2.05, 4.69) is 6.58 Å². The van der Waals surface area contributed by atoms with Crippen LogP contribution in [0.25, 0.3) is 0 Å². The molecular formula is C24H36O10. The largest absolute Gasteiger partial charge is 0.499 e. The van der Waals surface area contributed by atoms with Crippen molar-refractivity contribution in [3.8, 4) is 0 Å². The molecule has 1 aromatic rings. The van der Waals surface area contributed by atoms with Crippen molar-refractivity contribution in [2.75, 3.05) is 92.5 Å². The van der Waals surface area contributed by atoms with Crippen molar-refractivity contribution < 1.29 is 47.5 Å². The molecule has 0 aliphatic carbocycles. The molecule has 1 rings (SSSR count). The summed E-state index contributed by atoms with van der Waals surface area (Å²) < 4.78 is 41.9. The predicted octanol–water partition coefficient (Wildman–Crippen LogP) is 1.67. The zero-order valence-corrected chi connectivity index (χ0v) is 19.7. The lowest BCUT2D eigenvalue weighted by Crippen LogP contribution is -2.20. The quantitative estimate of drug-likeness (QED) is 0.0707. The van der Waals surface area contributed by atoms with Crippen LogP contribution in [0.3, 0.4) is 0 Å². The number of ether oxygens (including phenoxy) is 8. The molecule has 0 spiro atoms. The second-order valence-corrected chi connectivity index (χ2v) is 6.54. The lowest BCUT2D eigenvalue weighted by atomic mass is 10.1. The molecule has 0 fully saturated rings. The van der Waals surface area contributed by atoms with Crippen molar-refractivity contribution >= 4 is 11.8 Å². The fraction of sp³-hybridized carbons (Fsp3) is 0.583. The van der Waals surface area contributed by atoms with Crippen LogP contribution in [0, 0.1) is 0 Å². The second kappa shape index (κ2) is 22.5. The molecule has 10 heteroatoms. The Morgan fingerprint density at radius 2 is 0.971 bits per heavy atom. The molecule has 0 atom stereocenters. The maximum atomic E-state index is 11.8. The summed E-state index contributed by atoms with van der Waals surface area (Å²) in [5, 5.41) is 0. The normalized spacial score (nSPS) is 10.7. The van der Waals surface area contributed by atoms with Crippen LogP contribution in [0.1, 0.15) is 10.4 Å². The van der Waals surface area contributed by atoms with E-state index in [1.165, 1.54) is 6.26 Å². The van der Waals surface area contributed by atoms with Crippen molar-refractivity contribution in [1.82, 2.24) is 0 Å². The SMILES string of the molecule is C=COCCOCCOCCOCCOCCOCCOCCOC(=O)C(=O)c1ccccc1. The first kappa shape index (κ1) is 29.7. The maximum absolute atomic E-state index is 11.8. The van der Waals surface area contributed by atoms with Gasteiger partial charge in [0.05, 0.1) is 85.5 Å². The van der Waals surface area contributed by atoms with Crippen LogP contribution in [0.2, 0.25) is 0 Å². The number of rotatable bonds is 24. The lowest BCUT2D eigenvalue weighted by molar-refractivity contribution is -0.139. The molecule has 0 aliphatic rings. The van der Waals surface area contributed by atoms with Gasteiger partial charge in [-0.1, -0.05) is 36.9 Å². The van der Waals surface area contributed by atoms with E-state index in [4.69, 9.17) is 37.9 Å². The van der Waals surface area contributed by atoms with Gasteiger partial charge in [-0.2, -0.15) is 0 Å². The summed E-state index contributed by atoms with van der Waals surface area (Å²) in [5.74, 6) is -1.56. The number of carbonyl (C=O) groups is 2. The summed E-state index contributed by atoms with van der Waals surface area (Å²) in [4.78, 5) is 23.5. The molecule has 0 heterocycles. The summed E-state index contributed by atoms with van der Waals surface area (Å²) in [7, 11) is 0. The first-order chi connectivity index (χ1) is 16.8. The minimum Gasteiger partial charge on any atom is -0.499 e. The highest BCUT2D eigenvalue weighted by atomic mass is 16.6. The Morgan fingerprint density at radius 3 is 1.38 bits per heavy atom. The lowest BCUT2D eigenvalue weighted by Gasteiger charge is -2.08. The van der Waals surface area contributed by atoms with Gasteiger partial charge in [0, 0.05) is 5.56 Å². The summed E-state index contributed by atoms with van der Waals surface area (Å²) in [6, 6.07) is 8.26. The minimum atomic E-state index is -0.893. The average Bonchev–Trinajstić information content (AvgIpc) is 2.87. The van der Waals surface area contributed by atoms with Gasteiger partial charge in [0.15, 0.2) is 0 Å². The molecule has 0 aliphatic heterocycles. The smallest absolute Gasteiger partial charge is 0.379 e. The van der Waals surface area contributed by atoms with Crippen molar-refractivity contribution in [2.24, 2.45) is 0 Å². The van der Waals surface area contributed by atoms with E-state index in [9.17, 15) is 9.59 Å². The third-order valence-electron chi connectivity index (χ3n) is 4.01. The van der Waals surface area contributed by atoms with Crippen LogP contribution >= 0.6 is 0 Å². The van der Waals surface area contributed by atoms with Gasteiger partial charge in [0.25, 0.3) is 5.78 Å². The molecule has 34 heavy (non-hydrogen) atoms. The highest BCUT2D eigenvalue weighted by molar-refractivity contribution is 6.40. The van der Waals surface area contributed by atoms with Gasteiger partial charge >= 0.3 is 5.97 Å². The molecule has 0 N–H and O–H groups in total. The van der Waals surface area contributed by atoms with Crippen molar-refractivity contribution in [3.05, 3.63) is 48.7 Å². The fourth-order valence-corrected chi connectivity index (χ4v) is 2.36. The fourth-order valence-electron chi connectivity index (χ4n) is 2.36. The molecule has 10 nitrogen and oxygen atoms in total. The number of carbonyl (C=O) groups excluding carboxylic acids is 2. The monoisotopic (exact) mass is 484 g/mol. The predicted molar refractivity (Wildman–Crippen MR) is 123 cm³/mol. The second-order valence-electron chi connectivity index (χ2n) is 6.54. The van der Waals surface area contributed by atoms with Gasteiger partial charge in [0.2, 0.25) is 0 Å². The van der Waals surface area contributed by atoms with Gasteiger partial charge < -0.3 is 37.9 Å². The molecular weight excluding hydrogens is 448 g/mol. The maximum Gasteiger partial charge on any atom is 0.379 e. The number of hydrogen-bond donors (Lipinski definition) is 0. The van der Waals surface area contributed by atoms with E-state index in [0.717, 1.165) is 0 Å². The summed E-state index contributed by atoms with van der Waals surface area (Å²) >= 11 is 0. The first-order valence-electron chi connectivity index (χ1n) is 11.2. The van der Waals surface area contributed by atoms with E-state index in [-0.39, 0.29) is 13.2 Å². The standard InChI is InChI=1S/C24H36O10/c1-2-27-8-9-28-10-11-29-12-13-30-14-15-31-16-17-32-18-19-33-20-21-34-24(26)23(25)22-6-4-3-5-7-22/h2-7H,1,8-21H2. The summed E-state index contributed by atoms with van der Waals surface area (Å²) in [5.41, 5.74) is 0.299. The van der Waals surface area contributed by atoms with E-state index in [1.807, 2.05) is 0 Å². The third kappa shape index (κ3) is 17.2. The topological polar surface area (TPSA) is 108 Å². The Balaban J connectivity index is 1.75. The van der Waals surface area contributed by atoms with Crippen LogP contribution in [-0.2, 0) is 42.7 Å². The summed E-state index contributed by atoms with van der Waals surface area (Å²) in [6.07, 6.45) is 1.38. The number of hydrogen-bond acceptors (Lipinski definition) is 10. The molecule has 0 unspecified atom stereocenters. The van der Waals surface area contributed by atoms with Crippen LogP contribution in [-0.4, -0.2) is 104 Å². The Kier molecular flexibility index (Phi) is 19.6. The third-order valence-corrected chi connectivity index (χ3v) is 4.01. The number of benzene rings is 1. The first-order valence-corrected chi connectivity index (χ1v) is 11.2. The van der Waals surface area contributed by atoms with E-state index < -0.39 is 11.8 Å². The number of esters is 1. The van der Waals surface area contributed by atoms with Gasteiger partial charge in [-0.25, -0.2) is 4.79 Å². The van der Waals surface area contributed by atoms with Gasteiger partial charge in [-0.05, 0) is 0 Å². The van der Waals surface area contributed by atoms with Gasteiger partial charge in [-0.15, -0.1) is 0 Å². The molecule has 0 saturated carbocycles. The minimum absolute atomic E-state index is 0.00483. The Bertz CT molecular complexity index is 638. The van der Waals surface area contributed by atoms with E-state index >= 15 is 0 Å². The van der Waals surface area contributed by atoms with Crippen LogP contribution < -0.4 is 0 Å². The zero-order chi connectivity index (χ0) is 24.5. The highest BCUT2D eigenvalue weighted by Crippen LogP contribution is 2.01. The highest BCUT2D eigenvalue weighted by Gasteiger charge is 2.16. The molecule has 0 amide bonds. The Morgan fingerprint density at radius 1 is 0.588 bits per heavy atom. The van der Waals surface area contributed by atoms with Crippen molar-refractivity contribution in [3.63, 3.8) is 0 Å². The summed E-state index contributed by atoms with van der Waals surface area (Å²) in [6.45, 7) is 9.22. The number of Topliss-reactive ketones (excluding diaryl/α,β-unsaturated/α-hetero) is 1. The Labute approximate surface area is 201 Å². The van der Waals surface area contributed by atoms with Crippen molar-refractivity contribution in [2.45, 2.75) is 0 Å². The Hall–Kier alpha value is -2.34. The van der Waals surface area contributed by atoms with E-state index in [0.29, 0.717) is 84.8 Å². The zero-order valence-electron chi connectivity index (χ0n) is 19.7. The van der Waals surface area contributed by atoms with Gasteiger partial charge in [0.1, 0.15) is 13.2 Å². The molecule has 0 saturated heterocycles. The molecule has 1 aromatic carbocycles. The molecule has 192 valence electrons. The van der Waals surface area contributed by atoms with Crippen LogP contribution in [0.5, 0.6) is 0 Å². The van der Waals surface area contributed by atoms with Crippen LogP contribution in [0.4, 0.5) is 0 Å².